The van der Waals surface area contributed by atoms with Crippen LogP contribution in [0.4, 0.5) is 0 Å². The average Bonchev–Trinajstić information content (AvgIpc) is 3.13. The topological polar surface area (TPSA) is 46.9 Å². The van der Waals surface area contributed by atoms with E-state index in [1.54, 1.807) is 12.5 Å². The molecule has 1 fully saturated rings. The summed E-state index contributed by atoms with van der Waals surface area (Å²) in [4.78, 5) is 16.1. The normalized spacial score (nSPS) is 15.4. The molecule has 104 valence electrons. The van der Waals surface area contributed by atoms with Crippen molar-refractivity contribution >= 4 is 5.91 Å². The van der Waals surface area contributed by atoms with Crippen LogP contribution in [0.15, 0.2) is 43.0 Å². The first-order chi connectivity index (χ1) is 9.81. The van der Waals surface area contributed by atoms with Crippen LogP contribution in [-0.2, 0) is 6.54 Å². The number of benzene rings is 1. The zero-order chi connectivity index (χ0) is 13.8. The molecule has 0 atom stereocenters. The molecule has 0 bridgehead atoms. The van der Waals surface area contributed by atoms with E-state index < -0.39 is 0 Å². The number of rotatable bonds is 4. The molecule has 1 aliphatic rings. The summed E-state index contributed by atoms with van der Waals surface area (Å²) in [5.41, 5.74) is 1.91. The first-order valence-corrected chi connectivity index (χ1v) is 7.17. The van der Waals surface area contributed by atoms with Gasteiger partial charge in [-0.05, 0) is 30.5 Å². The highest BCUT2D eigenvalue weighted by Crippen LogP contribution is 2.18. The fourth-order valence-corrected chi connectivity index (χ4v) is 2.69. The number of hydrogen-bond donors (Lipinski definition) is 1. The van der Waals surface area contributed by atoms with Crippen LogP contribution in [0.2, 0.25) is 0 Å². The van der Waals surface area contributed by atoms with E-state index in [2.05, 4.69) is 10.3 Å². The van der Waals surface area contributed by atoms with Crippen LogP contribution in [0.1, 0.15) is 41.6 Å². The fraction of sp³-hybridized carbons (Fsp3) is 0.375. The van der Waals surface area contributed by atoms with Crippen LogP contribution in [0.25, 0.3) is 0 Å². The number of nitrogens with zero attached hydrogens (tertiary/aromatic N) is 2. The molecular formula is C16H19N3O. The van der Waals surface area contributed by atoms with Crippen molar-refractivity contribution in [3.8, 4) is 0 Å². The van der Waals surface area contributed by atoms with Gasteiger partial charge < -0.3 is 9.88 Å². The van der Waals surface area contributed by atoms with Crippen LogP contribution in [0.5, 0.6) is 0 Å². The highest BCUT2D eigenvalue weighted by Gasteiger charge is 2.17. The molecule has 0 spiro atoms. The standard InChI is InChI=1S/C16H19N3O/c20-16(18-15-3-1-2-4-15)14-7-5-13(6-8-14)11-19-10-9-17-12-19/h5-10,12,15H,1-4,11H2,(H,18,20). The summed E-state index contributed by atoms with van der Waals surface area (Å²) in [6.45, 7) is 0.782. The SMILES string of the molecule is O=C(NC1CCCC1)c1ccc(Cn2ccnc2)cc1. The van der Waals surface area contributed by atoms with Gasteiger partial charge in [-0.2, -0.15) is 0 Å². The summed E-state index contributed by atoms with van der Waals surface area (Å²) in [7, 11) is 0. The Hall–Kier alpha value is -2.10. The molecule has 1 N–H and O–H groups in total. The Bertz CT molecular complexity index is 554. The number of nitrogens with one attached hydrogen (secondary N) is 1. The second-order valence-electron chi connectivity index (χ2n) is 5.39. The first kappa shape index (κ1) is 12.9. The Morgan fingerprint density at radius 2 is 2.00 bits per heavy atom. The number of amides is 1. The Balaban J connectivity index is 1.61. The van der Waals surface area contributed by atoms with Gasteiger partial charge in [0.05, 0.1) is 6.33 Å². The molecular weight excluding hydrogens is 250 g/mol. The maximum absolute atomic E-state index is 12.1. The van der Waals surface area contributed by atoms with Gasteiger partial charge in [0.1, 0.15) is 0 Å². The van der Waals surface area contributed by atoms with Crippen LogP contribution in [-0.4, -0.2) is 21.5 Å². The lowest BCUT2D eigenvalue weighted by atomic mass is 10.1. The molecule has 0 aliphatic heterocycles. The molecule has 2 aromatic rings. The van der Waals surface area contributed by atoms with Gasteiger partial charge in [-0.15, -0.1) is 0 Å². The van der Waals surface area contributed by atoms with Crippen molar-refractivity contribution < 1.29 is 4.79 Å². The Morgan fingerprint density at radius 1 is 1.25 bits per heavy atom. The molecule has 1 aliphatic carbocycles. The minimum Gasteiger partial charge on any atom is -0.349 e. The largest absolute Gasteiger partial charge is 0.349 e. The van der Waals surface area contributed by atoms with Crippen molar-refractivity contribution in [2.75, 3.05) is 0 Å². The molecule has 1 aromatic carbocycles. The molecule has 0 saturated heterocycles. The van der Waals surface area contributed by atoms with Gasteiger partial charge in [-0.25, -0.2) is 4.98 Å². The van der Waals surface area contributed by atoms with E-state index in [4.69, 9.17) is 0 Å². The van der Waals surface area contributed by atoms with Crippen molar-refractivity contribution in [2.24, 2.45) is 0 Å². The van der Waals surface area contributed by atoms with E-state index in [1.807, 2.05) is 35.0 Å². The molecule has 4 nitrogen and oxygen atoms in total. The highest BCUT2D eigenvalue weighted by atomic mass is 16.1. The van der Waals surface area contributed by atoms with Gasteiger partial charge in [0.2, 0.25) is 0 Å². The van der Waals surface area contributed by atoms with Crippen molar-refractivity contribution in [3.05, 3.63) is 54.1 Å². The van der Waals surface area contributed by atoms with E-state index in [-0.39, 0.29) is 5.91 Å². The van der Waals surface area contributed by atoms with E-state index in [0.717, 1.165) is 24.9 Å². The third-order valence-electron chi connectivity index (χ3n) is 3.83. The van der Waals surface area contributed by atoms with Crippen LogP contribution < -0.4 is 5.32 Å². The molecule has 0 unspecified atom stereocenters. The van der Waals surface area contributed by atoms with Gasteiger partial charge in [0.25, 0.3) is 5.91 Å². The summed E-state index contributed by atoms with van der Waals surface area (Å²) >= 11 is 0. The Morgan fingerprint density at radius 3 is 2.65 bits per heavy atom. The maximum Gasteiger partial charge on any atom is 0.251 e. The van der Waals surface area contributed by atoms with Gasteiger partial charge in [-0.1, -0.05) is 25.0 Å². The van der Waals surface area contributed by atoms with Crippen LogP contribution >= 0.6 is 0 Å². The maximum atomic E-state index is 12.1. The summed E-state index contributed by atoms with van der Waals surface area (Å²) < 4.78 is 2.01. The summed E-state index contributed by atoms with van der Waals surface area (Å²) in [6, 6.07) is 8.17. The highest BCUT2D eigenvalue weighted by molar-refractivity contribution is 5.94. The zero-order valence-electron chi connectivity index (χ0n) is 11.5. The third-order valence-corrected chi connectivity index (χ3v) is 3.83. The second kappa shape index (κ2) is 5.90. The lowest BCUT2D eigenvalue weighted by Gasteiger charge is -2.12. The zero-order valence-corrected chi connectivity index (χ0v) is 11.5. The van der Waals surface area contributed by atoms with Gasteiger partial charge in [0, 0.05) is 30.5 Å². The third kappa shape index (κ3) is 3.07. The molecule has 1 amide bonds. The van der Waals surface area contributed by atoms with Crippen molar-refractivity contribution in [2.45, 2.75) is 38.3 Å². The van der Waals surface area contributed by atoms with E-state index in [0.29, 0.717) is 6.04 Å². The predicted octanol–water partition coefficient (Wildman–Crippen LogP) is 2.60. The van der Waals surface area contributed by atoms with Crippen LogP contribution in [0, 0.1) is 0 Å². The number of hydrogen-bond acceptors (Lipinski definition) is 2. The number of aromatic nitrogens is 2. The van der Waals surface area contributed by atoms with E-state index >= 15 is 0 Å². The van der Waals surface area contributed by atoms with E-state index in [1.165, 1.54) is 18.4 Å². The van der Waals surface area contributed by atoms with E-state index in [9.17, 15) is 4.79 Å². The lowest BCUT2D eigenvalue weighted by Crippen LogP contribution is -2.32. The van der Waals surface area contributed by atoms with Crippen molar-refractivity contribution in [3.63, 3.8) is 0 Å². The molecule has 20 heavy (non-hydrogen) atoms. The summed E-state index contributed by atoms with van der Waals surface area (Å²) in [5.74, 6) is 0.0473. The van der Waals surface area contributed by atoms with Crippen LogP contribution in [0.3, 0.4) is 0 Å². The molecule has 1 aromatic heterocycles. The fourth-order valence-electron chi connectivity index (χ4n) is 2.69. The Kier molecular flexibility index (Phi) is 3.81. The average molecular weight is 269 g/mol. The second-order valence-corrected chi connectivity index (χ2v) is 5.39. The first-order valence-electron chi connectivity index (χ1n) is 7.17. The van der Waals surface area contributed by atoms with Crippen molar-refractivity contribution in [1.29, 1.82) is 0 Å². The minimum absolute atomic E-state index is 0.0473. The molecule has 3 rings (SSSR count). The molecule has 1 heterocycles. The van der Waals surface area contributed by atoms with Gasteiger partial charge in [0.15, 0.2) is 0 Å². The summed E-state index contributed by atoms with van der Waals surface area (Å²) in [5, 5.41) is 3.11. The number of carbonyl (C=O) groups is 1. The number of imidazole rings is 1. The number of carbonyl (C=O) groups excluding carboxylic acids is 1. The molecule has 0 radical (unpaired) electrons. The van der Waals surface area contributed by atoms with Gasteiger partial charge in [-0.3, -0.25) is 4.79 Å². The smallest absolute Gasteiger partial charge is 0.251 e. The quantitative estimate of drug-likeness (QED) is 0.927. The van der Waals surface area contributed by atoms with Crippen molar-refractivity contribution in [1.82, 2.24) is 14.9 Å². The minimum atomic E-state index is 0.0473. The predicted molar refractivity (Wildman–Crippen MR) is 77.5 cm³/mol. The molecule has 1 saturated carbocycles. The Labute approximate surface area is 118 Å². The molecule has 4 heteroatoms. The monoisotopic (exact) mass is 269 g/mol. The van der Waals surface area contributed by atoms with Gasteiger partial charge >= 0.3 is 0 Å². The lowest BCUT2D eigenvalue weighted by molar-refractivity contribution is 0.0938. The summed E-state index contributed by atoms with van der Waals surface area (Å²) in [6.07, 6.45) is 10.2.